The van der Waals surface area contributed by atoms with Gasteiger partial charge >= 0.3 is 95.3 Å². The first kappa shape index (κ1) is 88.4. The van der Waals surface area contributed by atoms with E-state index in [2.05, 4.69) is 9.98 Å². The van der Waals surface area contributed by atoms with Crippen LogP contribution >= 0.6 is 0 Å². The van der Waals surface area contributed by atoms with E-state index in [0.29, 0.717) is 44.5 Å². The van der Waals surface area contributed by atoms with E-state index in [0.717, 1.165) is 34.1 Å². The van der Waals surface area contributed by atoms with E-state index in [1.807, 2.05) is 0 Å². The van der Waals surface area contributed by atoms with Gasteiger partial charge in [0.25, 0.3) is 23.6 Å². The lowest BCUT2D eigenvalue weighted by molar-refractivity contribution is -0.461. The van der Waals surface area contributed by atoms with Crippen LogP contribution in [0.4, 0.5) is 172 Å². The normalized spacial score (nSPS) is 15.6. The first-order valence-corrected chi connectivity index (χ1v) is 31.8. The van der Waals surface area contributed by atoms with Crippen molar-refractivity contribution in [2.24, 2.45) is 9.98 Å². The van der Waals surface area contributed by atoms with E-state index >= 15 is 0 Å². The fraction of sp³-hybridized carbons (Fsp3) is 0.429. The van der Waals surface area contributed by atoms with Crippen molar-refractivity contribution in [2.75, 3.05) is 9.80 Å². The van der Waals surface area contributed by atoms with Gasteiger partial charge in [0, 0.05) is 58.3 Å². The molecule has 0 unspecified atom stereocenters. The fourth-order valence-electron chi connectivity index (χ4n) is 12.4. The Hall–Kier alpha value is -9.18. The van der Waals surface area contributed by atoms with Gasteiger partial charge in [0.15, 0.2) is 0 Å². The van der Waals surface area contributed by atoms with Gasteiger partial charge in [-0.25, -0.2) is 9.80 Å². The monoisotopic (exact) mass is 1660 g/mol. The number of aliphatic imine (C=N–C) groups is 2. The quantitative estimate of drug-likeness (QED) is 0.0307. The summed E-state index contributed by atoms with van der Waals surface area (Å²) >= 11 is 0. The van der Waals surface area contributed by atoms with E-state index in [1.54, 1.807) is 27.7 Å². The van der Waals surface area contributed by atoms with Crippen LogP contribution < -0.4 is 9.80 Å². The number of hydrogen-bond donors (Lipinski definition) is 0. The average Bonchev–Trinajstić information content (AvgIpc) is 0.705. The minimum Gasteiger partial charge on any atom is -0.268 e. The van der Waals surface area contributed by atoms with Crippen molar-refractivity contribution in [2.45, 2.75) is 189 Å². The molecular weight excluding hydrogens is 1610 g/mol. The molecule has 4 amide bonds. The highest BCUT2D eigenvalue weighted by Crippen LogP contribution is 2.67. The number of hydrogen-bond acceptors (Lipinski definition) is 6. The number of alkyl halides is 34. The Morgan fingerprint density at radius 2 is 0.482 bits per heavy atom. The number of carbonyl (C=O) groups is 4. The predicted molar refractivity (Wildman–Crippen MR) is 332 cm³/mol. The molecule has 0 aromatic heterocycles. The zero-order valence-corrected chi connectivity index (χ0v) is 57.6. The second kappa shape index (κ2) is 27.8. The number of nitrogens with zero attached hydrogens (tertiary/aromatic N) is 4. The molecule has 6 aromatic rings. The van der Waals surface area contributed by atoms with Crippen LogP contribution in [0.3, 0.4) is 0 Å². The smallest absolute Gasteiger partial charge is 0.268 e. The van der Waals surface area contributed by atoms with Crippen LogP contribution in [0.5, 0.6) is 0 Å². The maximum Gasteiger partial charge on any atom is 0.460 e. The number of aryl methyl sites for hydroxylation is 2. The SMILES string of the molecule is Cc1c(C)c(N2C(=O)c3ccc4c5c(ccc(c35)C2=O)C(=O)N(c2c(C)c(C)c(N=Cc3ccc(CCCC(F)(F)C(F)(F)C(F)(F)C(F)(F)C(F)(F)C(F)(F)C(F)(F)C(F)(F)F)cc3)c(C)c2C)C4=O)c(C)c(C)c1N=Cc1ccc(CCCC(F)(F)C(F)(F)C(F)(F)C(F)(F)C(F)(F)C(F)(F)C(F)(F)C(F)(F)F)cc1. The molecule has 6 aromatic carbocycles. The van der Waals surface area contributed by atoms with Crippen molar-refractivity contribution in [1.82, 2.24) is 0 Å². The van der Waals surface area contributed by atoms with E-state index < -0.39 is 157 Å². The molecule has 42 heteroatoms. The maximum absolute atomic E-state index is 14.8. The third kappa shape index (κ3) is 12.9. The standard InChI is InChI=1S/C70H50F34N4O4/c1-29-33(5)49(34(6)30(2)47(29)105-27-39-17-13-37(14-18-39)11-9-25-55(71,72)57(75,76)59(79,80)61(83,84)63(87,88)65(91,92)67(95,96)69(99,100)101)107-51(109)41-21-23-43-46-44(24-22-42(45(41)46)52(107)110)54(112)108(53(43)111)50-35(7)31(3)48(32(4)36(50)8)106-28-40-19-15-38(16-20-40)12-10-26-56(73,74)58(77,78)60(81,82)62(85,86)64(89,90)66(93,94)68(97,98)70(102,103)104/h13-24,27-28H,9-12,25-26H2,1-8H3. The summed E-state index contributed by atoms with van der Waals surface area (Å²) in [6, 6.07) is 14.3. The summed E-state index contributed by atoms with van der Waals surface area (Å²) in [5, 5.41) is -0.133. The van der Waals surface area contributed by atoms with E-state index in [4.69, 9.17) is 0 Å². The minimum absolute atomic E-state index is 0.0666. The Labute approximate surface area is 607 Å². The Bertz CT molecular complexity index is 4410. The third-order valence-electron chi connectivity index (χ3n) is 19.6. The van der Waals surface area contributed by atoms with Gasteiger partial charge in [-0.3, -0.25) is 29.2 Å². The highest BCUT2D eigenvalue weighted by molar-refractivity contribution is 6.42. The molecule has 2 aliphatic heterocycles. The van der Waals surface area contributed by atoms with Crippen molar-refractivity contribution in [3.63, 3.8) is 0 Å². The lowest BCUT2D eigenvalue weighted by Gasteiger charge is -2.42. The van der Waals surface area contributed by atoms with Gasteiger partial charge in [-0.15, -0.1) is 0 Å². The van der Waals surface area contributed by atoms with Crippen molar-refractivity contribution >= 4 is 69.6 Å². The number of imide groups is 2. The van der Waals surface area contributed by atoms with E-state index in [9.17, 15) is 168 Å². The van der Waals surface area contributed by atoms with Gasteiger partial charge in [0.1, 0.15) is 0 Å². The van der Waals surface area contributed by atoms with Crippen LogP contribution in [-0.4, -0.2) is 131 Å². The number of amides is 4. The van der Waals surface area contributed by atoms with Crippen LogP contribution in [0.2, 0.25) is 0 Å². The molecule has 8 rings (SSSR count). The second-order valence-electron chi connectivity index (χ2n) is 26.4. The molecule has 2 heterocycles. The molecule has 0 fully saturated rings. The van der Waals surface area contributed by atoms with Gasteiger partial charge in [-0.2, -0.15) is 149 Å². The summed E-state index contributed by atoms with van der Waals surface area (Å²) in [5.41, 5.74) is 2.83. The minimum atomic E-state index is -8.75. The summed E-state index contributed by atoms with van der Waals surface area (Å²) in [6.45, 7) is 12.3. The Morgan fingerprint density at radius 3 is 0.696 bits per heavy atom. The molecule has 0 spiro atoms. The summed E-state index contributed by atoms with van der Waals surface area (Å²) in [6.07, 6.45) is -23.0. The van der Waals surface area contributed by atoms with Crippen LogP contribution in [0.1, 0.15) is 134 Å². The number of carbonyl (C=O) groups excluding carboxylic acids is 4. The van der Waals surface area contributed by atoms with Crippen LogP contribution in [0.25, 0.3) is 10.8 Å². The van der Waals surface area contributed by atoms with E-state index in [1.165, 1.54) is 88.7 Å². The van der Waals surface area contributed by atoms with Crippen molar-refractivity contribution in [3.8, 4) is 0 Å². The zero-order chi connectivity index (χ0) is 85.7. The zero-order valence-electron chi connectivity index (χ0n) is 57.6. The van der Waals surface area contributed by atoms with Gasteiger partial charge in [0.05, 0.1) is 22.7 Å². The molecule has 0 saturated heterocycles. The molecule has 0 bridgehead atoms. The fourth-order valence-corrected chi connectivity index (χ4v) is 12.4. The van der Waals surface area contributed by atoms with Crippen molar-refractivity contribution in [3.05, 3.63) is 162 Å². The first-order chi connectivity index (χ1) is 50.5. The van der Waals surface area contributed by atoms with E-state index in [-0.39, 0.29) is 78.0 Å². The average molecular weight is 1660 g/mol. The highest BCUT2D eigenvalue weighted by Gasteiger charge is 2.97. The molecule has 0 atom stereocenters. The maximum atomic E-state index is 14.8. The molecular formula is C70H50F34N4O4. The first-order valence-electron chi connectivity index (χ1n) is 31.8. The van der Waals surface area contributed by atoms with Crippen LogP contribution in [0.15, 0.2) is 82.8 Å². The second-order valence-corrected chi connectivity index (χ2v) is 26.4. The third-order valence-corrected chi connectivity index (χ3v) is 19.6. The van der Waals surface area contributed by atoms with Crippen LogP contribution in [-0.2, 0) is 12.8 Å². The number of anilines is 2. The highest BCUT2D eigenvalue weighted by atomic mass is 19.4. The molecule has 8 nitrogen and oxygen atoms in total. The Balaban J connectivity index is 0.950. The molecule has 112 heavy (non-hydrogen) atoms. The summed E-state index contributed by atoms with van der Waals surface area (Å²) in [4.78, 5) is 69.9. The largest absolute Gasteiger partial charge is 0.460 e. The predicted octanol–water partition coefficient (Wildman–Crippen LogP) is 23.1. The molecule has 612 valence electrons. The number of halogens is 34. The summed E-state index contributed by atoms with van der Waals surface area (Å²) in [5.74, 6) is -118. The van der Waals surface area contributed by atoms with Crippen molar-refractivity contribution < 1.29 is 168 Å². The van der Waals surface area contributed by atoms with Gasteiger partial charge in [0.2, 0.25) is 0 Å². The van der Waals surface area contributed by atoms with Gasteiger partial charge in [-0.05, 0) is 172 Å². The summed E-state index contributed by atoms with van der Waals surface area (Å²) in [7, 11) is 0. The molecule has 0 saturated carbocycles. The van der Waals surface area contributed by atoms with Gasteiger partial charge < -0.3 is 0 Å². The topological polar surface area (TPSA) is 99.5 Å². The summed E-state index contributed by atoms with van der Waals surface area (Å²) < 4.78 is 468. The van der Waals surface area contributed by atoms with Crippen LogP contribution in [0, 0.1) is 55.4 Å². The lowest BCUT2D eigenvalue weighted by atomic mass is 9.84. The molecule has 0 N–H and O–H groups in total. The molecule has 0 aliphatic carbocycles. The molecule has 0 radical (unpaired) electrons. The van der Waals surface area contributed by atoms with Crippen molar-refractivity contribution in [1.29, 1.82) is 0 Å². The molecule has 2 aliphatic rings. The Kier molecular flexibility index (Phi) is 22.0. The number of rotatable bonds is 26. The number of benzene rings is 6. The van der Waals surface area contributed by atoms with Gasteiger partial charge in [-0.1, -0.05) is 48.5 Å². The Morgan fingerprint density at radius 1 is 0.277 bits per heavy atom. The lowest BCUT2D eigenvalue weighted by Crippen LogP contribution is -2.74.